The molecule has 0 saturated carbocycles. The second-order valence-corrected chi connectivity index (χ2v) is 7.44. The van der Waals surface area contributed by atoms with Crippen LogP contribution in [0.15, 0.2) is 18.3 Å². The first-order valence-corrected chi connectivity index (χ1v) is 9.34. The Bertz CT molecular complexity index is 771. The Balaban J connectivity index is 2.44. The second kappa shape index (κ2) is 9.43. The number of ether oxygens (including phenoxy) is 1. The summed E-state index contributed by atoms with van der Waals surface area (Å²) < 4.78 is 46.1. The minimum absolute atomic E-state index is 0.211. The first kappa shape index (κ1) is 22.2. The Morgan fingerprint density at radius 3 is 2.57 bits per heavy atom. The fraction of sp³-hybridized carbons (Fsp3) is 0.550. The topological polar surface area (TPSA) is 53.2 Å². The highest BCUT2D eigenvalue weighted by Crippen LogP contribution is 2.39. The zero-order valence-electron chi connectivity index (χ0n) is 17.1. The lowest BCUT2D eigenvalue weighted by atomic mass is 9.97. The van der Waals surface area contributed by atoms with Gasteiger partial charge in [0.2, 0.25) is 0 Å². The predicted octanol–water partition coefficient (Wildman–Crippen LogP) is 4.09. The zero-order valence-corrected chi connectivity index (χ0v) is 17.1. The summed E-state index contributed by atoms with van der Waals surface area (Å²) in [5.41, 5.74) is 1.81. The molecule has 156 valence electrons. The molecule has 1 aromatic carbocycles. The Morgan fingerprint density at radius 2 is 1.96 bits per heavy atom. The summed E-state index contributed by atoms with van der Waals surface area (Å²) in [7, 11) is 3.82. The third-order valence-electron chi connectivity index (χ3n) is 4.43. The number of rotatable bonds is 9. The second-order valence-electron chi connectivity index (χ2n) is 7.44. The van der Waals surface area contributed by atoms with Gasteiger partial charge in [-0.3, -0.25) is 10.00 Å². The van der Waals surface area contributed by atoms with Crippen molar-refractivity contribution in [3.8, 4) is 16.9 Å². The molecule has 2 rings (SSSR count). The molecule has 0 amide bonds. The highest BCUT2D eigenvalue weighted by Gasteiger charge is 2.33. The molecule has 0 fully saturated rings. The molecule has 0 aliphatic heterocycles. The van der Waals surface area contributed by atoms with E-state index in [4.69, 9.17) is 4.74 Å². The van der Waals surface area contributed by atoms with Gasteiger partial charge in [0.1, 0.15) is 5.75 Å². The molecule has 8 heteroatoms. The number of alkyl halides is 3. The molecule has 5 nitrogen and oxygen atoms in total. The average Bonchev–Trinajstić information content (AvgIpc) is 3.05. The van der Waals surface area contributed by atoms with Gasteiger partial charge in [-0.05, 0) is 50.2 Å². The van der Waals surface area contributed by atoms with Crippen LogP contribution in [0, 0.1) is 12.8 Å². The van der Waals surface area contributed by atoms with Crippen LogP contribution in [-0.2, 0) is 12.7 Å². The molecule has 0 aliphatic carbocycles. The number of benzene rings is 1. The molecule has 0 aliphatic rings. The van der Waals surface area contributed by atoms with Crippen LogP contribution < -0.4 is 10.1 Å². The van der Waals surface area contributed by atoms with Crippen LogP contribution in [0.1, 0.15) is 30.7 Å². The Kier molecular flexibility index (Phi) is 7.48. The number of aromatic nitrogens is 2. The molecule has 0 atom stereocenters. The maximum absolute atomic E-state index is 13.5. The molecule has 2 aromatic rings. The third kappa shape index (κ3) is 5.72. The summed E-state index contributed by atoms with van der Waals surface area (Å²) in [5, 5.41) is 10.1. The van der Waals surface area contributed by atoms with E-state index in [1.54, 1.807) is 13.1 Å². The van der Waals surface area contributed by atoms with Crippen molar-refractivity contribution >= 4 is 0 Å². The van der Waals surface area contributed by atoms with Crippen molar-refractivity contribution in [2.45, 2.75) is 33.5 Å². The number of nitrogens with one attached hydrogen (secondary N) is 2. The van der Waals surface area contributed by atoms with Crippen LogP contribution >= 0.6 is 0 Å². The SMILES string of the molecule is CNCCN(C)Cc1n[nH]cc1-c1cc(C(F)(F)F)cc(OCC(C)C)c1C. The van der Waals surface area contributed by atoms with Gasteiger partial charge < -0.3 is 10.1 Å². The van der Waals surface area contributed by atoms with Crippen molar-refractivity contribution in [1.29, 1.82) is 0 Å². The van der Waals surface area contributed by atoms with E-state index in [1.165, 1.54) is 6.07 Å². The van der Waals surface area contributed by atoms with E-state index >= 15 is 0 Å². The van der Waals surface area contributed by atoms with Gasteiger partial charge in [0.15, 0.2) is 0 Å². The number of hydrogen-bond acceptors (Lipinski definition) is 4. The van der Waals surface area contributed by atoms with E-state index in [1.807, 2.05) is 27.9 Å². The Morgan fingerprint density at radius 1 is 1.25 bits per heavy atom. The van der Waals surface area contributed by atoms with E-state index in [-0.39, 0.29) is 11.7 Å². The zero-order chi connectivity index (χ0) is 20.9. The van der Waals surface area contributed by atoms with Crippen molar-refractivity contribution < 1.29 is 17.9 Å². The highest BCUT2D eigenvalue weighted by atomic mass is 19.4. The van der Waals surface area contributed by atoms with Gasteiger partial charge in [-0.15, -0.1) is 0 Å². The molecule has 0 spiro atoms. The van der Waals surface area contributed by atoms with Crippen molar-refractivity contribution in [2.24, 2.45) is 5.92 Å². The van der Waals surface area contributed by atoms with Gasteiger partial charge in [-0.25, -0.2) is 0 Å². The molecular formula is C20H29F3N4O. The molecule has 2 N–H and O–H groups in total. The maximum Gasteiger partial charge on any atom is 0.416 e. The summed E-state index contributed by atoms with van der Waals surface area (Å²) in [5.74, 6) is 0.469. The van der Waals surface area contributed by atoms with Gasteiger partial charge in [-0.2, -0.15) is 18.3 Å². The van der Waals surface area contributed by atoms with Crippen LogP contribution in [-0.4, -0.2) is 48.9 Å². The van der Waals surface area contributed by atoms with Crippen LogP contribution in [0.2, 0.25) is 0 Å². The monoisotopic (exact) mass is 398 g/mol. The van der Waals surface area contributed by atoms with Gasteiger partial charge in [-0.1, -0.05) is 13.8 Å². The largest absolute Gasteiger partial charge is 0.493 e. The molecule has 28 heavy (non-hydrogen) atoms. The predicted molar refractivity (Wildman–Crippen MR) is 104 cm³/mol. The molecule has 0 unspecified atom stereocenters. The van der Waals surface area contributed by atoms with Gasteiger partial charge in [0.25, 0.3) is 0 Å². The Hall–Kier alpha value is -2.06. The van der Waals surface area contributed by atoms with Crippen LogP contribution in [0.5, 0.6) is 5.75 Å². The van der Waals surface area contributed by atoms with Crippen molar-refractivity contribution in [2.75, 3.05) is 33.8 Å². The number of halogens is 3. The van der Waals surface area contributed by atoms with Gasteiger partial charge in [0.05, 0.1) is 17.9 Å². The smallest absolute Gasteiger partial charge is 0.416 e. The third-order valence-corrected chi connectivity index (χ3v) is 4.43. The Labute approximate surface area is 164 Å². The summed E-state index contributed by atoms with van der Waals surface area (Å²) in [4.78, 5) is 2.06. The molecular weight excluding hydrogens is 369 g/mol. The number of hydrogen-bond donors (Lipinski definition) is 2. The van der Waals surface area contributed by atoms with E-state index in [9.17, 15) is 13.2 Å². The van der Waals surface area contributed by atoms with Crippen molar-refractivity contribution in [3.63, 3.8) is 0 Å². The molecule has 0 saturated heterocycles. The lowest BCUT2D eigenvalue weighted by Crippen LogP contribution is -2.27. The first-order chi connectivity index (χ1) is 13.1. The fourth-order valence-corrected chi connectivity index (χ4v) is 2.85. The average molecular weight is 398 g/mol. The lowest BCUT2D eigenvalue weighted by Gasteiger charge is -2.19. The minimum Gasteiger partial charge on any atom is -0.493 e. The minimum atomic E-state index is -4.45. The van der Waals surface area contributed by atoms with Crippen molar-refractivity contribution in [1.82, 2.24) is 20.4 Å². The number of aromatic amines is 1. The summed E-state index contributed by atoms with van der Waals surface area (Å²) >= 11 is 0. The molecule has 1 heterocycles. The standard InChI is InChI=1S/C20H29F3N4O/c1-13(2)12-28-19-9-15(20(21,22)23)8-16(14(19)3)17-10-25-26-18(17)11-27(5)7-6-24-4/h8-10,13,24H,6-7,11-12H2,1-5H3,(H,25,26). The van der Waals surface area contributed by atoms with Gasteiger partial charge >= 0.3 is 6.18 Å². The van der Waals surface area contributed by atoms with E-state index in [0.717, 1.165) is 19.2 Å². The molecule has 0 bridgehead atoms. The maximum atomic E-state index is 13.5. The summed E-state index contributed by atoms with van der Waals surface area (Å²) in [6.07, 6.45) is -2.80. The van der Waals surface area contributed by atoms with Crippen molar-refractivity contribution in [3.05, 3.63) is 35.2 Å². The van der Waals surface area contributed by atoms with Crippen LogP contribution in [0.25, 0.3) is 11.1 Å². The molecule has 0 radical (unpaired) electrons. The first-order valence-electron chi connectivity index (χ1n) is 9.34. The van der Waals surface area contributed by atoms with E-state index in [2.05, 4.69) is 20.4 Å². The summed E-state index contributed by atoms with van der Waals surface area (Å²) in [6, 6.07) is 2.26. The normalized spacial score (nSPS) is 12.2. The summed E-state index contributed by atoms with van der Waals surface area (Å²) in [6.45, 7) is 8.19. The molecule has 1 aromatic heterocycles. The number of H-pyrrole nitrogens is 1. The van der Waals surface area contributed by atoms with E-state index < -0.39 is 11.7 Å². The quantitative estimate of drug-likeness (QED) is 0.668. The highest BCUT2D eigenvalue weighted by molar-refractivity contribution is 5.72. The number of likely N-dealkylation sites (N-methyl/N-ethyl adjacent to an activating group) is 2. The lowest BCUT2D eigenvalue weighted by molar-refractivity contribution is -0.137. The van der Waals surface area contributed by atoms with Crippen LogP contribution in [0.3, 0.4) is 0 Å². The van der Waals surface area contributed by atoms with Gasteiger partial charge in [0, 0.05) is 31.4 Å². The number of nitrogens with zero attached hydrogens (tertiary/aromatic N) is 2. The van der Waals surface area contributed by atoms with Crippen LogP contribution in [0.4, 0.5) is 13.2 Å². The fourth-order valence-electron chi connectivity index (χ4n) is 2.85. The van der Waals surface area contributed by atoms with E-state index in [0.29, 0.717) is 35.5 Å².